The van der Waals surface area contributed by atoms with Crippen molar-refractivity contribution in [2.24, 2.45) is 0 Å². The average molecular weight is 257 g/mol. The van der Waals surface area contributed by atoms with Crippen LogP contribution >= 0.6 is 0 Å². The van der Waals surface area contributed by atoms with Crippen molar-refractivity contribution in [2.45, 2.75) is 18.4 Å². The zero-order valence-electron chi connectivity index (χ0n) is 8.96. The third-order valence-electron chi connectivity index (χ3n) is 2.16. The molecule has 0 rings (SSSR count). The molecule has 0 saturated carbocycles. The lowest BCUT2D eigenvalue weighted by Gasteiger charge is -2.28. The number of aliphatic hydroxyl groups is 3. The summed E-state index contributed by atoms with van der Waals surface area (Å²) in [6.07, 6.45) is 1.20. The fraction of sp³-hybridized carbons (Fsp3) is 1.00. The van der Waals surface area contributed by atoms with E-state index in [0.29, 0.717) is 19.4 Å². The highest BCUT2D eigenvalue weighted by Gasteiger charge is 2.26. The summed E-state index contributed by atoms with van der Waals surface area (Å²) < 4.78 is 22.8. The first-order valence-electron chi connectivity index (χ1n) is 4.92. The molecule has 1 atom stereocenters. The molecular weight excluding hydrogens is 238 g/mol. The SMILES string of the molecule is O=S(O)OCCCCNC(CO)(CO)CO. The molecule has 0 aliphatic carbocycles. The molecule has 0 aliphatic rings. The summed E-state index contributed by atoms with van der Waals surface area (Å²) in [6, 6.07) is 0. The van der Waals surface area contributed by atoms with E-state index in [4.69, 9.17) is 19.9 Å². The van der Waals surface area contributed by atoms with Crippen LogP contribution in [0.3, 0.4) is 0 Å². The van der Waals surface area contributed by atoms with E-state index in [1.165, 1.54) is 0 Å². The highest BCUT2D eigenvalue weighted by molar-refractivity contribution is 7.74. The van der Waals surface area contributed by atoms with E-state index in [2.05, 4.69) is 9.50 Å². The summed E-state index contributed by atoms with van der Waals surface area (Å²) in [5.41, 5.74) is -1.07. The average Bonchev–Trinajstić information content (AvgIpc) is 2.29. The van der Waals surface area contributed by atoms with Crippen molar-refractivity contribution in [1.82, 2.24) is 5.32 Å². The quantitative estimate of drug-likeness (QED) is 0.232. The van der Waals surface area contributed by atoms with Gasteiger partial charge in [0.25, 0.3) is 0 Å². The predicted octanol–water partition coefficient (Wildman–Crippen LogP) is -1.77. The molecule has 5 N–H and O–H groups in total. The Hall–Kier alpha value is -0.0900. The molecule has 0 aromatic rings. The molecule has 8 heteroatoms. The Kier molecular flexibility index (Phi) is 8.94. The maximum atomic E-state index is 10.1. The van der Waals surface area contributed by atoms with Gasteiger partial charge in [0.15, 0.2) is 0 Å². The van der Waals surface area contributed by atoms with Crippen molar-refractivity contribution in [2.75, 3.05) is 33.0 Å². The Morgan fingerprint density at radius 3 is 2.12 bits per heavy atom. The predicted molar refractivity (Wildman–Crippen MR) is 57.9 cm³/mol. The fourth-order valence-corrected chi connectivity index (χ4v) is 1.29. The normalized spacial score (nSPS) is 14.0. The van der Waals surface area contributed by atoms with E-state index in [9.17, 15) is 4.21 Å². The summed E-state index contributed by atoms with van der Waals surface area (Å²) in [5, 5.41) is 29.7. The van der Waals surface area contributed by atoms with Crippen molar-refractivity contribution in [1.29, 1.82) is 0 Å². The minimum Gasteiger partial charge on any atom is -0.394 e. The van der Waals surface area contributed by atoms with Crippen LogP contribution in [0.4, 0.5) is 0 Å². The van der Waals surface area contributed by atoms with Crippen LogP contribution in [0.15, 0.2) is 0 Å². The first-order valence-corrected chi connectivity index (χ1v) is 5.95. The van der Waals surface area contributed by atoms with Gasteiger partial charge in [0.1, 0.15) is 0 Å². The van der Waals surface area contributed by atoms with Gasteiger partial charge in [-0.25, -0.2) is 0 Å². The Labute approximate surface area is 96.9 Å². The smallest absolute Gasteiger partial charge is 0.301 e. The highest BCUT2D eigenvalue weighted by atomic mass is 32.2. The maximum Gasteiger partial charge on any atom is 0.301 e. The lowest BCUT2D eigenvalue weighted by molar-refractivity contribution is 0.0424. The van der Waals surface area contributed by atoms with Crippen molar-refractivity contribution < 1.29 is 28.3 Å². The van der Waals surface area contributed by atoms with Crippen molar-refractivity contribution in [3.63, 3.8) is 0 Å². The second-order valence-corrected chi connectivity index (χ2v) is 4.10. The van der Waals surface area contributed by atoms with Crippen molar-refractivity contribution in [3.8, 4) is 0 Å². The number of hydrogen-bond acceptors (Lipinski definition) is 6. The summed E-state index contributed by atoms with van der Waals surface area (Å²) >= 11 is -2.23. The molecule has 7 nitrogen and oxygen atoms in total. The van der Waals surface area contributed by atoms with Crippen LogP contribution in [0, 0.1) is 0 Å². The molecule has 0 bridgehead atoms. The lowest BCUT2D eigenvalue weighted by Crippen LogP contribution is -2.55. The Morgan fingerprint density at radius 2 is 1.69 bits per heavy atom. The van der Waals surface area contributed by atoms with E-state index >= 15 is 0 Å². The number of nitrogens with one attached hydrogen (secondary N) is 1. The number of rotatable bonds is 10. The molecule has 98 valence electrons. The maximum absolute atomic E-state index is 10.1. The Balaban J connectivity index is 3.59. The molecule has 0 heterocycles. The molecule has 0 aliphatic heterocycles. The summed E-state index contributed by atoms with van der Waals surface area (Å²) in [6.45, 7) is -0.469. The van der Waals surface area contributed by atoms with Crippen molar-refractivity contribution >= 4 is 11.4 Å². The standard InChI is InChI=1S/C8H19NO6S/c10-5-8(6-11,7-12)9-3-1-2-4-15-16(13)14/h9-12H,1-7H2,(H,13,14). The first kappa shape index (κ1) is 15.9. The highest BCUT2D eigenvalue weighted by Crippen LogP contribution is 2.02. The van der Waals surface area contributed by atoms with Gasteiger partial charge < -0.3 is 20.6 Å². The van der Waals surface area contributed by atoms with Gasteiger partial charge in [-0.2, -0.15) is 4.21 Å². The molecule has 0 fully saturated rings. The molecule has 0 aromatic carbocycles. The zero-order valence-corrected chi connectivity index (χ0v) is 9.78. The molecule has 0 saturated heterocycles. The summed E-state index contributed by atoms with van der Waals surface area (Å²) in [5.74, 6) is 0. The van der Waals surface area contributed by atoms with Gasteiger partial charge in [-0.1, -0.05) is 0 Å². The van der Waals surface area contributed by atoms with Gasteiger partial charge in [0.2, 0.25) is 0 Å². The van der Waals surface area contributed by atoms with Gasteiger partial charge in [-0.15, -0.1) is 0 Å². The van der Waals surface area contributed by atoms with E-state index in [1.807, 2.05) is 0 Å². The van der Waals surface area contributed by atoms with Crippen LogP contribution in [-0.4, -0.2) is 62.6 Å². The van der Waals surface area contributed by atoms with Crippen LogP contribution in [0.25, 0.3) is 0 Å². The third-order valence-corrected chi connectivity index (χ3v) is 2.53. The minimum absolute atomic E-state index is 0.162. The molecule has 0 spiro atoms. The van der Waals surface area contributed by atoms with Crippen molar-refractivity contribution in [3.05, 3.63) is 0 Å². The fourth-order valence-electron chi connectivity index (χ4n) is 1.03. The van der Waals surface area contributed by atoms with Crippen LogP contribution < -0.4 is 5.32 Å². The van der Waals surface area contributed by atoms with E-state index in [1.54, 1.807) is 0 Å². The zero-order chi connectivity index (χ0) is 12.4. The van der Waals surface area contributed by atoms with Crippen LogP contribution in [0.1, 0.15) is 12.8 Å². The second-order valence-electron chi connectivity index (χ2n) is 3.43. The Morgan fingerprint density at radius 1 is 1.12 bits per heavy atom. The number of unbranched alkanes of at least 4 members (excludes halogenated alkanes) is 1. The molecule has 1 unspecified atom stereocenters. The van der Waals surface area contributed by atoms with Gasteiger partial charge in [-0.3, -0.25) is 8.74 Å². The molecule has 0 radical (unpaired) electrons. The second kappa shape index (κ2) is 8.99. The minimum atomic E-state index is -2.23. The summed E-state index contributed by atoms with van der Waals surface area (Å²) in [7, 11) is 0. The molecule has 0 amide bonds. The monoisotopic (exact) mass is 257 g/mol. The molecular formula is C8H19NO6S. The van der Waals surface area contributed by atoms with Crippen LogP contribution in [0.5, 0.6) is 0 Å². The van der Waals surface area contributed by atoms with Crippen LogP contribution in [-0.2, 0) is 15.5 Å². The molecule has 16 heavy (non-hydrogen) atoms. The van der Waals surface area contributed by atoms with Gasteiger partial charge in [0, 0.05) is 0 Å². The third kappa shape index (κ3) is 6.48. The molecule has 0 aromatic heterocycles. The van der Waals surface area contributed by atoms with Gasteiger partial charge in [0.05, 0.1) is 32.0 Å². The van der Waals surface area contributed by atoms with Gasteiger partial charge in [-0.05, 0) is 19.4 Å². The van der Waals surface area contributed by atoms with E-state index in [-0.39, 0.29) is 26.4 Å². The van der Waals surface area contributed by atoms with E-state index < -0.39 is 16.9 Å². The van der Waals surface area contributed by atoms with Crippen LogP contribution in [0.2, 0.25) is 0 Å². The topological polar surface area (TPSA) is 119 Å². The summed E-state index contributed by atoms with van der Waals surface area (Å²) in [4.78, 5) is 0. The van der Waals surface area contributed by atoms with Gasteiger partial charge >= 0.3 is 11.4 Å². The number of aliphatic hydroxyl groups excluding tert-OH is 3. The number of hydrogen-bond donors (Lipinski definition) is 5. The first-order chi connectivity index (χ1) is 7.60. The van der Waals surface area contributed by atoms with E-state index in [0.717, 1.165) is 0 Å². The lowest BCUT2D eigenvalue weighted by atomic mass is 10.0. The largest absolute Gasteiger partial charge is 0.394 e. The Bertz CT molecular complexity index is 191.